The number of fused-ring (bicyclic) bond motifs is 1. The van der Waals surface area contributed by atoms with Gasteiger partial charge in [0.25, 0.3) is 0 Å². The van der Waals surface area contributed by atoms with Crippen molar-refractivity contribution in [1.29, 1.82) is 0 Å². The second-order valence-electron chi connectivity index (χ2n) is 5.84. The largest absolute Gasteiger partial charge is 0.497 e. The molecule has 0 radical (unpaired) electrons. The average Bonchev–Trinajstić information content (AvgIpc) is 3.07. The molecule has 5 nitrogen and oxygen atoms in total. The molecular weight excluding hydrogens is 316 g/mol. The topological polar surface area (TPSA) is 55.5 Å². The Bertz CT molecular complexity index is 842. The van der Waals surface area contributed by atoms with E-state index in [1.165, 1.54) is 16.5 Å². The molecule has 0 spiro atoms. The zero-order valence-corrected chi connectivity index (χ0v) is 14.9. The predicted octanol–water partition coefficient (Wildman–Crippen LogP) is 3.53. The number of aromatic nitrogens is 1. The number of hydrogen-bond donors (Lipinski definition) is 2. The van der Waals surface area contributed by atoms with E-state index in [0.29, 0.717) is 0 Å². The third-order valence-corrected chi connectivity index (χ3v) is 4.32. The lowest BCUT2D eigenvalue weighted by Gasteiger charge is -2.10. The monoisotopic (exact) mass is 340 g/mol. The average molecular weight is 340 g/mol. The minimum Gasteiger partial charge on any atom is -0.497 e. The Morgan fingerprint density at radius 3 is 2.52 bits per heavy atom. The highest BCUT2D eigenvalue weighted by Gasteiger charge is 2.06. The molecule has 0 bridgehead atoms. The highest BCUT2D eigenvalue weighted by Crippen LogP contribution is 2.27. The summed E-state index contributed by atoms with van der Waals surface area (Å²) in [5, 5.41) is 4.70. The van der Waals surface area contributed by atoms with Gasteiger partial charge in [0.1, 0.15) is 5.75 Å². The molecule has 1 heterocycles. The van der Waals surface area contributed by atoms with Gasteiger partial charge >= 0.3 is 0 Å². The van der Waals surface area contributed by atoms with Crippen molar-refractivity contribution in [3.63, 3.8) is 0 Å². The normalized spacial score (nSPS) is 10.8. The van der Waals surface area contributed by atoms with Crippen LogP contribution in [-0.4, -0.2) is 32.9 Å². The lowest BCUT2D eigenvalue weighted by atomic mass is 10.1. The summed E-state index contributed by atoms with van der Waals surface area (Å²) in [6.07, 6.45) is 3.02. The van der Waals surface area contributed by atoms with Gasteiger partial charge < -0.3 is 24.5 Å². The molecule has 0 aliphatic heterocycles. The lowest BCUT2D eigenvalue weighted by Crippen LogP contribution is -2.16. The SMILES string of the molecule is COc1ccc2[nH]cc(CCNCc3ccc(OC)c(OC)c3)c2c1. The molecule has 2 N–H and O–H groups in total. The van der Waals surface area contributed by atoms with Crippen LogP contribution >= 0.6 is 0 Å². The van der Waals surface area contributed by atoms with Crippen molar-refractivity contribution in [3.05, 3.63) is 53.7 Å². The fraction of sp³-hybridized carbons (Fsp3) is 0.300. The van der Waals surface area contributed by atoms with Crippen molar-refractivity contribution in [3.8, 4) is 17.2 Å². The van der Waals surface area contributed by atoms with Crippen molar-refractivity contribution in [2.75, 3.05) is 27.9 Å². The Morgan fingerprint density at radius 2 is 1.76 bits per heavy atom. The van der Waals surface area contributed by atoms with Crippen molar-refractivity contribution >= 4 is 10.9 Å². The molecular formula is C20H24N2O3. The highest BCUT2D eigenvalue weighted by molar-refractivity contribution is 5.84. The van der Waals surface area contributed by atoms with Gasteiger partial charge in [-0.15, -0.1) is 0 Å². The first-order chi connectivity index (χ1) is 12.2. The zero-order chi connectivity index (χ0) is 17.6. The minimum absolute atomic E-state index is 0.749. The number of hydrogen-bond acceptors (Lipinski definition) is 4. The smallest absolute Gasteiger partial charge is 0.161 e. The van der Waals surface area contributed by atoms with E-state index in [-0.39, 0.29) is 0 Å². The van der Waals surface area contributed by atoms with Crippen LogP contribution in [0, 0.1) is 0 Å². The third-order valence-electron chi connectivity index (χ3n) is 4.32. The molecule has 3 aromatic rings. The number of ether oxygens (including phenoxy) is 3. The number of benzene rings is 2. The van der Waals surface area contributed by atoms with E-state index in [1.54, 1.807) is 21.3 Å². The predicted molar refractivity (Wildman–Crippen MR) is 99.8 cm³/mol. The Kier molecular flexibility index (Phi) is 5.46. The van der Waals surface area contributed by atoms with Gasteiger partial charge in [0.05, 0.1) is 21.3 Å². The zero-order valence-electron chi connectivity index (χ0n) is 14.9. The van der Waals surface area contributed by atoms with E-state index in [1.807, 2.05) is 24.3 Å². The lowest BCUT2D eigenvalue weighted by molar-refractivity contribution is 0.354. The van der Waals surface area contributed by atoms with Crippen LogP contribution in [0.3, 0.4) is 0 Å². The number of methoxy groups -OCH3 is 3. The maximum atomic E-state index is 5.34. The molecule has 3 rings (SSSR count). The first-order valence-corrected chi connectivity index (χ1v) is 8.30. The number of aromatic amines is 1. The van der Waals surface area contributed by atoms with E-state index >= 15 is 0 Å². The molecule has 1 aromatic heterocycles. The first kappa shape index (κ1) is 17.2. The molecule has 2 aromatic carbocycles. The minimum atomic E-state index is 0.749. The molecule has 0 saturated heterocycles. The van der Waals surface area contributed by atoms with Gasteiger partial charge in [-0.25, -0.2) is 0 Å². The maximum absolute atomic E-state index is 5.34. The van der Waals surface area contributed by atoms with Crippen LogP contribution in [0.5, 0.6) is 17.2 Å². The highest BCUT2D eigenvalue weighted by atomic mass is 16.5. The number of H-pyrrole nitrogens is 1. The Balaban J connectivity index is 1.58. The van der Waals surface area contributed by atoms with Crippen LogP contribution in [0.15, 0.2) is 42.6 Å². The molecule has 25 heavy (non-hydrogen) atoms. The first-order valence-electron chi connectivity index (χ1n) is 8.30. The van der Waals surface area contributed by atoms with Crippen LogP contribution < -0.4 is 19.5 Å². The van der Waals surface area contributed by atoms with Crippen LogP contribution in [0.1, 0.15) is 11.1 Å². The molecule has 0 atom stereocenters. The second-order valence-corrected chi connectivity index (χ2v) is 5.84. The molecule has 0 saturated carbocycles. The fourth-order valence-electron chi connectivity index (χ4n) is 2.94. The standard InChI is InChI=1S/C20H24N2O3/c1-23-16-5-6-18-17(11-16)15(13-22-18)8-9-21-12-14-4-7-19(24-2)20(10-14)25-3/h4-7,10-11,13,21-22H,8-9,12H2,1-3H3. The Morgan fingerprint density at radius 1 is 0.920 bits per heavy atom. The summed E-state index contributed by atoms with van der Waals surface area (Å²) in [5.74, 6) is 2.39. The molecule has 0 aliphatic rings. The van der Waals surface area contributed by atoms with E-state index in [9.17, 15) is 0 Å². The van der Waals surface area contributed by atoms with Gasteiger partial charge in [-0.3, -0.25) is 0 Å². The van der Waals surface area contributed by atoms with Gasteiger partial charge in [-0.2, -0.15) is 0 Å². The molecule has 0 aliphatic carbocycles. The van der Waals surface area contributed by atoms with Crippen molar-refractivity contribution in [2.45, 2.75) is 13.0 Å². The summed E-state index contributed by atoms with van der Waals surface area (Å²) in [6, 6.07) is 12.1. The molecule has 0 unspecified atom stereocenters. The van der Waals surface area contributed by atoms with Gasteiger partial charge in [0, 0.05) is 23.6 Å². The van der Waals surface area contributed by atoms with E-state index < -0.39 is 0 Å². The quantitative estimate of drug-likeness (QED) is 0.616. The van der Waals surface area contributed by atoms with Crippen LogP contribution in [-0.2, 0) is 13.0 Å². The summed E-state index contributed by atoms with van der Waals surface area (Å²) in [4.78, 5) is 3.31. The van der Waals surface area contributed by atoms with E-state index in [0.717, 1.165) is 42.3 Å². The van der Waals surface area contributed by atoms with Crippen LogP contribution in [0.4, 0.5) is 0 Å². The van der Waals surface area contributed by atoms with Gasteiger partial charge in [0.15, 0.2) is 11.5 Å². The van der Waals surface area contributed by atoms with Gasteiger partial charge in [-0.05, 0) is 54.4 Å². The van der Waals surface area contributed by atoms with Gasteiger partial charge in [-0.1, -0.05) is 6.07 Å². The summed E-state index contributed by atoms with van der Waals surface area (Å²) in [7, 11) is 4.99. The molecule has 0 fully saturated rings. The Labute approximate surface area is 147 Å². The number of rotatable bonds is 8. The third kappa shape index (κ3) is 3.88. The second kappa shape index (κ2) is 7.94. The Hall–Kier alpha value is -2.66. The van der Waals surface area contributed by atoms with Crippen molar-refractivity contribution in [2.24, 2.45) is 0 Å². The summed E-state index contributed by atoms with van der Waals surface area (Å²) < 4.78 is 15.9. The van der Waals surface area contributed by atoms with Gasteiger partial charge in [0.2, 0.25) is 0 Å². The molecule has 5 heteroatoms. The van der Waals surface area contributed by atoms with Crippen molar-refractivity contribution in [1.82, 2.24) is 10.3 Å². The van der Waals surface area contributed by atoms with E-state index in [2.05, 4.69) is 28.6 Å². The molecule has 0 amide bonds. The van der Waals surface area contributed by atoms with Crippen LogP contribution in [0.2, 0.25) is 0 Å². The summed E-state index contributed by atoms with van der Waals surface area (Å²) in [5.41, 5.74) is 3.59. The van der Waals surface area contributed by atoms with Crippen LogP contribution in [0.25, 0.3) is 10.9 Å². The van der Waals surface area contributed by atoms with E-state index in [4.69, 9.17) is 14.2 Å². The fourth-order valence-corrected chi connectivity index (χ4v) is 2.94. The van der Waals surface area contributed by atoms with Crippen molar-refractivity contribution < 1.29 is 14.2 Å². The number of nitrogens with one attached hydrogen (secondary N) is 2. The molecule has 132 valence electrons. The summed E-state index contributed by atoms with van der Waals surface area (Å²) >= 11 is 0. The maximum Gasteiger partial charge on any atom is 0.161 e. The summed E-state index contributed by atoms with van der Waals surface area (Å²) in [6.45, 7) is 1.67.